The van der Waals surface area contributed by atoms with Crippen molar-refractivity contribution in [3.63, 3.8) is 0 Å². The summed E-state index contributed by atoms with van der Waals surface area (Å²) >= 11 is 0. The number of fused-ring (bicyclic) bond motifs is 1. The minimum absolute atomic E-state index is 0.0928. The monoisotopic (exact) mass is 241 g/mol. The molecule has 0 spiro atoms. The van der Waals surface area contributed by atoms with Crippen molar-refractivity contribution in [3.8, 4) is 0 Å². The molecule has 1 aromatic heterocycles. The van der Waals surface area contributed by atoms with E-state index < -0.39 is 0 Å². The predicted octanol–water partition coefficient (Wildman–Crippen LogP) is 1.49. The zero-order valence-corrected chi connectivity index (χ0v) is 10.3. The molecule has 0 saturated heterocycles. The maximum atomic E-state index is 12.5. The van der Waals surface area contributed by atoms with Gasteiger partial charge >= 0.3 is 0 Å². The Morgan fingerprint density at radius 3 is 3.06 bits per heavy atom. The number of aromatic nitrogens is 2. The molecule has 3 rings (SSSR count). The maximum absolute atomic E-state index is 12.5. The fraction of sp³-hybridized carbons (Fsp3) is 0.286. The van der Waals surface area contributed by atoms with Gasteiger partial charge in [0.25, 0.3) is 0 Å². The van der Waals surface area contributed by atoms with Crippen LogP contribution in [-0.4, -0.2) is 22.1 Å². The minimum Gasteiger partial charge on any atom is -0.303 e. The summed E-state index contributed by atoms with van der Waals surface area (Å²) in [6.45, 7) is 0.841. The van der Waals surface area contributed by atoms with Gasteiger partial charge in [-0.15, -0.1) is 0 Å². The Morgan fingerprint density at radius 1 is 1.44 bits per heavy atom. The standard InChI is InChI=1S/C14H15N3O/c1-17-9-11(8-16-17)14(18)13-12-5-3-2-4-10(12)6-7-15-13/h2-5,8-9,13,15H,6-7H2,1H3. The van der Waals surface area contributed by atoms with Crippen LogP contribution in [0.15, 0.2) is 36.7 Å². The van der Waals surface area contributed by atoms with Crippen LogP contribution in [0.25, 0.3) is 0 Å². The van der Waals surface area contributed by atoms with Gasteiger partial charge in [-0.2, -0.15) is 5.10 Å². The lowest BCUT2D eigenvalue weighted by Gasteiger charge is -2.25. The first-order chi connectivity index (χ1) is 8.75. The van der Waals surface area contributed by atoms with Crippen molar-refractivity contribution in [2.24, 2.45) is 7.05 Å². The van der Waals surface area contributed by atoms with Gasteiger partial charge in [-0.05, 0) is 17.5 Å². The normalized spacial score (nSPS) is 18.4. The molecule has 0 fully saturated rings. The first kappa shape index (κ1) is 11.2. The average molecular weight is 241 g/mol. The second-order valence-corrected chi connectivity index (χ2v) is 4.60. The number of Topliss-reactive ketones (excluding diaryl/α,β-unsaturated/α-hetero) is 1. The van der Waals surface area contributed by atoms with E-state index in [4.69, 9.17) is 0 Å². The Hall–Kier alpha value is -1.94. The van der Waals surface area contributed by atoms with Gasteiger partial charge in [0.2, 0.25) is 0 Å². The summed E-state index contributed by atoms with van der Waals surface area (Å²) in [5.41, 5.74) is 3.02. The zero-order chi connectivity index (χ0) is 12.5. The van der Waals surface area contributed by atoms with Crippen LogP contribution in [0.2, 0.25) is 0 Å². The van der Waals surface area contributed by atoms with Gasteiger partial charge in [-0.3, -0.25) is 9.48 Å². The lowest BCUT2D eigenvalue weighted by atomic mass is 9.90. The molecular weight excluding hydrogens is 226 g/mol. The molecule has 2 heterocycles. The quantitative estimate of drug-likeness (QED) is 0.810. The van der Waals surface area contributed by atoms with Crippen molar-refractivity contribution in [2.45, 2.75) is 12.5 Å². The van der Waals surface area contributed by atoms with Gasteiger partial charge in [0.1, 0.15) is 0 Å². The molecule has 1 atom stereocenters. The summed E-state index contributed by atoms with van der Waals surface area (Å²) in [7, 11) is 1.82. The molecule has 4 heteroatoms. The van der Waals surface area contributed by atoms with Crippen molar-refractivity contribution in [1.82, 2.24) is 15.1 Å². The maximum Gasteiger partial charge on any atom is 0.187 e. The van der Waals surface area contributed by atoms with E-state index >= 15 is 0 Å². The van der Waals surface area contributed by atoms with Crippen molar-refractivity contribution >= 4 is 5.78 Å². The Balaban J connectivity index is 1.96. The molecule has 92 valence electrons. The van der Waals surface area contributed by atoms with Gasteiger partial charge in [0, 0.05) is 19.8 Å². The summed E-state index contributed by atoms with van der Waals surface area (Å²) in [5, 5.41) is 7.35. The average Bonchev–Trinajstić information content (AvgIpc) is 2.84. The summed E-state index contributed by atoms with van der Waals surface area (Å²) in [4.78, 5) is 12.5. The van der Waals surface area contributed by atoms with Crippen LogP contribution >= 0.6 is 0 Å². The number of ketones is 1. The molecule has 0 aliphatic carbocycles. The number of carbonyl (C=O) groups excluding carboxylic acids is 1. The molecular formula is C14H15N3O. The molecule has 1 unspecified atom stereocenters. The molecule has 2 aromatic rings. The van der Waals surface area contributed by atoms with E-state index in [1.54, 1.807) is 17.1 Å². The fourth-order valence-electron chi connectivity index (χ4n) is 2.45. The third-order valence-electron chi connectivity index (χ3n) is 3.36. The van der Waals surface area contributed by atoms with Crippen molar-refractivity contribution in [1.29, 1.82) is 0 Å². The molecule has 18 heavy (non-hydrogen) atoms. The number of hydrogen-bond donors (Lipinski definition) is 1. The van der Waals surface area contributed by atoms with Crippen LogP contribution in [0, 0.1) is 0 Å². The molecule has 0 saturated carbocycles. The van der Waals surface area contributed by atoms with Gasteiger partial charge in [0.15, 0.2) is 5.78 Å². The largest absolute Gasteiger partial charge is 0.303 e. The number of benzene rings is 1. The van der Waals surface area contributed by atoms with Crippen molar-refractivity contribution < 1.29 is 4.79 Å². The number of rotatable bonds is 2. The molecule has 0 radical (unpaired) electrons. The van der Waals surface area contributed by atoms with Crippen LogP contribution in [0.1, 0.15) is 27.5 Å². The van der Waals surface area contributed by atoms with Crippen LogP contribution in [0.3, 0.4) is 0 Å². The van der Waals surface area contributed by atoms with E-state index in [1.807, 2.05) is 25.2 Å². The third-order valence-corrected chi connectivity index (χ3v) is 3.36. The molecule has 1 aromatic carbocycles. The summed E-state index contributed by atoms with van der Waals surface area (Å²) in [5.74, 6) is 0.0928. The summed E-state index contributed by atoms with van der Waals surface area (Å²) in [6.07, 6.45) is 4.37. The van der Waals surface area contributed by atoms with E-state index in [2.05, 4.69) is 16.5 Å². The van der Waals surface area contributed by atoms with Gasteiger partial charge in [0.05, 0.1) is 17.8 Å². The fourth-order valence-corrected chi connectivity index (χ4v) is 2.45. The highest BCUT2D eigenvalue weighted by Crippen LogP contribution is 2.25. The van der Waals surface area contributed by atoms with Crippen LogP contribution in [0.5, 0.6) is 0 Å². The predicted molar refractivity (Wildman–Crippen MR) is 68.4 cm³/mol. The second-order valence-electron chi connectivity index (χ2n) is 4.60. The molecule has 1 aliphatic heterocycles. The Bertz CT molecular complexity index is 588. The SMILES string of the molecule is Cn1cc(C(=O)C2NCCc3ccccc32)cn1. The van der Waals surface area contributed by atoms with Crippen LogP contribution in [0.4, 0.5) is 0 Å². The van der Waals surface area contributed by atoms with Gasteiger partial charge in [-0.25, -0.2) is 0 Å². The number of hydrogen-bond acceptors (Lipinski definition) is 3. The van der Waals surface area contributed by atoms with Crippen molar-refractivity contribution in [3.05, 3.63) is 53.3 Å². The third kappa shape index (κ3) is 1.84. The Labute approximate surface area is 106 Å². The van der Waals surface area contributed by atoms with Gasteiger partial charge < -0.3 is 5.32 Å². The van der Waals surface area contributed by atoms with Crippen LogP contribution in [-0.2, 0) is 13.5 Å². The topological polar surface area (TPSA) is 46.9 Å². The number of carbonyl (C=O) groups is 1. The summed E-state index contributed by atoms with van der Waals surface area (Å²) in [6, 6.07) is 7.89. The number of aryl methyl sites for hydroxylation is 1. The van der Waals surface area contributed by atoms with E-state index in [1.165, 1.54) is 5.56 Å². The highest BCUT2D eigenvalue weighted by atomic mass is 16.1. The Kier molecular flexibility index (Phi) is 2.72. The number of nitrogens with one attached hydrogen (secondary N) is 1. The molecule has 1 N–H and O–H groups in total. The van der Waals surface area contributed by atoms with Gasteiger partial charge in [-0.1, -0.05) is 24.3 Å². The first-order valence-corrected chi connectivity index (χ1v) is 6.10. The van der Waals surface area contributed by atoms with Crippen LogP contribution < -0.4 is 5.32 Å². The van der Waals surface area contributed by atoms with E-state index in [-0.39, 0.29) is 11.8 Å². The lowest BCUT2D eigenvalue weighted by Crippen LogP contribution is -2.35. The van der Waals surface area contributed by atoms with E-state index in [9.17, 15) is 4.79 Å². The highest BCUT2D eigenvalue weighted by Gasteiger charge is 2.27. The second kappa shape index (κ2) is 4.38. The molecule has 4 nitrogen and oxygen atoms in total. The molecule has 0 bridgehead atoms. The highest BCUT2D eigenvalue weighted by molar-refractivity contribution is 6.00. The smallest absolute Gasteiger partial charge is 0.187 e. The minimum atomic E-state index is -0.237. The molecule has 0 amide bonds. The number of nitrogens with zero attached hydrogens (tertiary/aromatic N) is 2. The first-order valence-electron chi connectivity index (χ1n) is 6.10. The lowest BCUT2D eigenvalue weighted by molar-refractivity contribution is 0.0939. The zero-order valence-electron chi connectivity index (χ0n) is 10.3. The van der Waals surface area contributed by atoms with Crippen molar-refractivity contribution in [2.75, 3.05) is 6.54 Å². The molecule has 1 aliphatic rings. The van der Waals surface area contributed by atoms with E-state index in [0.29, 0.717) is 5.56 Å². The Morgan fingerprint density at radius 2 is 2.28 bits per heavy atom. The van der Waals surface area contributed by atoms with E-state index in [0.717, 1.165) is 18.5 Å². The summed E-state index contributed by atoms with van der Waals surface area (Å²) < 4.78 is 1.65.